The maximum absolute atomic E-state index is 12.3. The number of ether oxygens (including phenoxy) is 1. The van der Waals surface area contributed by atoms with Crippen molar-refractivity contribution in [3.05, 3.63) is 72.9 Å². The van der Waals surface area contributed by atoms with Crippen LogP contribution in [0.4, 0.5) is 0 Å². The van der Waals surface area contributed by atoms with Crippen molar-refractivity contribution in [3.63, 3.8) is 0 Å². The van der Waals surface area contributed by atoms with Crippen molar-refractivity contribution < 1.29 is 19.1 Å². The average Bonchev–Trinajstić information content (AvgIpc) is 3.11. The third-order valence-corrected chi connectivity index (χ3v) is 10.1. The van der Waals surface area contributed by atoms with E-state index >= 15 is 0 Å². The van der Waals surface area contributed by atoms with E-state index in [1.807, 2.05) is 32.9 Å². The highest BCUT2D eigenvalue weighted by Crippen LogP contribution is 2.26. The molecule has 0 bridgehead atoms. The van der Waals surface area contributed by atoms with Crippen LogP contribution in [0.5, 0.6) is 0 Å². The molecule has 0 aromatic rings. The molecule has 0 rings (SSSR count). The molecule has 1 atom stereocenters. The fourth-order valence-electron chi connectivity index (χ4n) is 4.26. The molecule has 0 heterocycles. The molecule has 0 fully saturated rings. The van der Waals surface area contributed by atoms with Gasteiger partial charge < -0.3 is 20.7 Å². The summed E-state index contributed by atoms with van der Waals surface area (Å²) in [6, 6.07) is 0. The van der Waals surface area contributed by atoms with Gasteiger partial charge in [0.25, 0.3) is 0 Å². The van der Waals surface area contributed by atoms with Crippen LogP contribution < -0.4 is 16.0 Å². The first-order valence-electron chi connectivity index (χ1n) is 19.1. The molecule has 9 heteroatoms. The molecule has 3 amide bonds. The first-order chi connectivity index (χ1) is 24.7. The Kier molecular flexibility index (Phi) is 38.4. The minimum absolute atomic E-state index is 0.0247. The Morgan fingerprint density at radius 1 is 0.627 bits per heavy atom. The van der Waals surface area contributed by atoms with Gasteiger partial charge in [0, 0.05) is 57.0 Å². The lowest BCUT2D eigenvalue weighted by Crippen LogP contribution is -2.41. The highest BCUT2D eigenvalue weighted by Gasteiger charge is 2.31. The maximum atomic E-state index is 12.3. The van der Waals surface area contributed by atoms with Crippen molar-refractivity contribution in [1.82, 2.24) is 16.0 Å². The first kappa shape index (κ1) is 50.6. The van der Waals surface area contributed by atoms with E-state index in [-0.39, 0.29) is 35.5 Å². The summed E-state index contributed by atoms with van der Waals surface area (Å²) in [6.07, 6.45) is 37.7. The molecule has 3 N–H and O–H groups in total. The molecule has 0 aromatic heterocycles. The molecule has 7 nitrogen and oxygen atoms in total. The number of hydrogen-bond acceptors (Lipinski definition) is 6. The molecule has 292 valence electrons. The predicted octanol–water partition coefficient (Wildman–Crippen LogP) is 10.1. The van der Waals surface area contributed by atoms with Crippen LogP contribution in [0.3, 0.4) is 0 Å². The van der Waals surface area contributed by atoms with Gasteiger partial charge in [0.1, 0.15) is 0 Å². The van der Waals surface area contributed by atoms with Crippen molar-refractivity contribution in [1.29, 1.82) is 0 Å². The third-order valence-electron chi connectivity index (χ3n) is 7.69. The molecule has 0 radical (unpaired) electrons. The highest BCUT2D eigenvalue weighted by molar-refractivity contribution is 8.76. The van der Waals surface area contributed by atoms with Crippen LogP contribution in [-0.4, -0.2) is 62.6 Å². The SMILES string of the molecule is CC/C=C\C/C=C\C/C=C\C/C=C\C/C=C\C/C=C\CC(=O)NCCSSCCNC(=O)CCNC(=O)[C@H](C)C(C)(C)COC.CCCCCC. The number of amides is 3. The van der Waals surface area contributed by atoms with Crippen molar-refractivity contribution in [3.8, 4) is 0 Å². The first-order valence-corrected chi connectivity index (χ1v) is 21.6. The lowest BCUT2D eigenvalue weighted by molar-refractivity contribution is -0.129. The monoisotopic (exact) mass is 748 g/mol. The molecule has 0 aromatic carbocycles. The fourth-order valence-corrected chi connectivity index (χ4v) is 6.07. The molecule has 0 saturated heterocycles. The Labute approximate surface area is 320 Å². The van der Waals surface area contributed by atoms with Gasteiger partial charge in [-0.15, -0.1) is 0 Å². The number of carbonyl (C=O) groups excluding carboxylic acids is 3. The lowest BCUT2D eigenvalue weighted by Gasteiger charge is -2.29. The molecule has 51 heavy (non-hydrogen) atoms. The van der Waals surface area contributed by atoms with E-state index in [2.05, 4.69) is 97.5 Å². The molecule has 0 aliphatic heterocycles. The van der Waals surface area contributed by atoms with Crippen LogP contribution in [0.15, 0.2) is 72.9 Å². The molecular formula is C42H73N3O4S2. The van der Waals surface area contributed by atoms with Crippen LogP contribution in [0.25, 0.3) is 0 Å². The quantitative estimate of drug-likeness (QED) is 0.0385. The van der Waals surface area contributed by atoms with Crippen LogP contribution in [0.2, 0.25) is 0 Å². The van der Waals surface area contributed by atoms with Crippen molar-refractivity contribution in [2.75, 3.05) is 44.9 Å². The van der Waals surface area contributed by atoms with E-state index in [4.69, 9.17) is 4.74 Å². The van der Waals surface area contributed by atoms with E-state index in [0.717, 1.165) is 50.0 Å². The van der Waals surface area contributed by atoms with E-state index in [9.17, 15) is 14.4 Å². The van der Waals surface area contributed by atoms with Gasteiger partial charge in [0.2, 0.25) is 17.7 Å². The van der Waals surface area contributed by atoms with Crippen LogP contribution >= 0.6 is 21.6 Å². The van der Waals surface area contributed by atoms with Crippen molar-refractivity contribution in [2.45, 2.75) is 119 Å². The summed E-state index contributed by atoms with van der Waals surface area (Å²) in [6.45, 7) is 14.5. The maximum Gasteiger partial charge on any atom is 0.223 e. The van der Waals surface area contributed by atoms with Crippen LogP contribution in [-0.2, 0) is 19.1 Å². The molecular weight excluding hydrogens is 675 g/mol. The Morgan fingerprint density at radius 3 is 1.49 bits per heavy atom. The zero-order valence-corrected chi connectivity index (χ0v) is 34.8. The second kappa shape index (κ2) is 38.7. The predicted molar refractivity (Wildman–Crippen MR) is 226 cm³/mol. The summed E-state index contributed by atoms with van der Waals surface area (Å²) in [5.41, 5.74) is -0.270. The number of rotatable bonds is 30. The number of methoxy groups -OCH3 is 1. The topological polar surface area (TPSA) is 96.5 Å². The minimum atomic E-state index is -0.270. The zero-order chi connectivity index (χ0) is 38.3. The van der Waals surface area contributed by atoms with Crippen LogP contribution in [0, 0.1) is 11.3 Å². The summed E-state index contributed by atoms with van der Waals surface area (Å²) < 4.78 is 5.19. The molecule has 0 aliphatic carbocycles. The van der Waals surface area contributed by atoms with E-state index < -0.39 is 0 Å². The van der Waals surface area contributed by atoms with Crippen molar-refractivity contribution >= 4 is 39.3 Å². The Balaban J connectivity index is 0. The van der Waals surface area contributed by atoms with Gasteiger partial charge in [0.15, 0.2) is 0 Å². The summed E-state index contributed by atoms with van der Waals surface area (Å²) in [4.78, 5) is 36.3. The Bertz CT molecular complexity index is 1030. The van der Waals surface area contributed by atoms with E-state index in [1.165, 1.54) is 25.7 Å². The Morgan fingerprint density at radius 2 is 1.06 bits per heavy atom. The second-order valence-corrected chi connectivity index (χ2v) is 15.6. The van der Waals surface area contributed by atoms with Gasteiger partial charge >= 0.3 is 0 Å². The highest BCUT2D eigenvalue weighted by atomic mass is 33.1. The van der Waals surface area contributed by atoms with E-state index in [1.54, 1.807) is 28.7 Å². The minimum Gasteiger partial charge on any atom is -0.384 e. The zero-order valence-electron chi connectivity index (χ0n) is 33.2. The molecule has 0 aliphatic rings. The van der Waals surface area contributed by atoms with Gasteiger partial charge in [-0.2, -0.15) is 0 Å². The Hall–Kier alpha value is -2.49. The summed E-state index contributed by atoms with van der Waals surface area (Å²) >= 11 is 0. The third kappa shape index (κ3) is 37.1. The summed E-state index contributed by atoms with van der Waals surface area (Å²) in [7, 11) is 4.96. The van der Waals surface area contributed by atoms with Gasteiger partial charge in [-0.3, -0.25) is 14.4 Å². The fraction of sp³-hybridized carbons (Fsp3) is 0.643. The largest absolute Gasteiger partial charge is 0.384 e. The number of nitrogens with one attached hydrogen (secondary N) is 3. The van der Waals surface area contributed by atoms with Crippen molar-refractivity contribution in [2.24, 2.45) is 11.3 Å². The van der Waals surface area contributed by atoms with Gasteiger partial charge in [-0.1, -0.05) is 162 Å². The van der Waals surface area contributed by atoms with Gasteiger partial charge in [-0.25, -0.2) is 0 Å². The average molecular weight is 748 g/mol. The normalized spacial score (nSPS) is 12.8. The molecule has 0 saturated carbocycles. The number of hydrogen-bond donors (Lipinski definition) is 3. The lowest BCUT2D eigenvalue weighted by atomic mass is 9.80. The molecule has 0 spiro atoms. The number of carbonyl (C=O) groups is 3. The summed E-state index contributed by atoms with van der Waals surface area (Å²) in [5, 5.41) is 8.65. The van der Waals surface area contributed by atoms with Gasteiger partial charge in [-0.05, 0) is 43.9 Å². The second-order valence-electron chi connectivity index (χ2n) is 12.9. The van der Waals surface area contributed by atoms with Crippen LogP contribution in [0.1, 0.15) is 119 Å². The van der Waals surface area contributed by atoms with Gasteiger partial charge in [0.05, 0.1) is 6.61 Å². The van der Waals surface area contributed by atoms with E-state index in [0.29, 0.717) is 32.7 Å². The smallest absolute Gasteiger partial charge is 0.223 e. The number of allylic oxidation sites excluding steroid dienone is 11. The summed E-state index contributed by atoms with van der Waals surface area (Å²) in [5.74, 6) is 1.24. The molecule has 0 unspecified atom stereocenters. The number of unbranched alkanes of at least 4 members (excludes halogenated alkanes) is 3. The standard InChI is InChI=1S/C36H59N3O4S2.C6H14/c1-6-7-8-9-10-11-12-13-14-15-16-17-18-19-20-21-22-23-24-33(40)37-27-29-44-45-30-28-38-34(41)25-26-39-35(42)32(2)36(3,4)31-43-5;1-3-5-6-4-2/h7-8,10-11,13-14,16-17,19-20,22-23,32H,6,9,12,15,18,21,24-31H2,1-5H3,(H,37,40)(H,38,41)(H,39,42);3-6H2,1-2H3/b8-7-,11-10-,14-13-,17-16-,20-19-,23-22-;/t32-;/m0./s1.